The Hall–Kier alpha value is -1.26. The highest BCUT2D eigenvalue weighted by Crippen LogP contribution is 2.14. The summed E-state index contributed by atoms with van der Waals surface area (Å²) < 4.78 is 0. The van der Waals surface area contributed by atoms with E-state index in [2.05, 4.69) is 40.6 Å². The first-order chi connectivity index (χ1) is 9.28. The molecule has 102 valence electrons. The van der Waals surface area contributed by atoms with Crippen LogP contribution < -0.4 is 5.32 Å². The Morgan fingerprint density at radius 3 is 2.95 bits per heavy atom. The third-order valence-corrected chi connectivity index (χ3v) is 4.07. The van der Waals surface area contributed by atoms with E-state index in [1.807, 2.05) is 18.5 Å². The van der Waals surface area contributed by atoms with E-state index in [1.54, 1.807) is 11.3 Å². The minimum atomic E-state index is 0.496. The molecule has 0 saturated heterocycles. The van der Waals surface area contributed by atoms with Crippen molar-refractivity contribution in [1.82, 2.24) is 15.3 Å². The summed E-state index contributed by atoms with van der Waals surface area (Å²) in [5.41, 5.74) is 2.43. The lowest BCUT2D eigenvalue weighted by Gasteiger charge is -2.16. The van der Waals surface area contributed by atoms with Crippen LogP contribution in [0.25, 0.3) is 0 Å². The van der Waals surface area contributed by atoms with E-state index in [0.717, 1.165) is 31.5 Å². The number of nitrogens with zero attached hydrogens (tertiary/aromatic N) is 2. The highest BCUT2D eigenvalue weighted by molar-refractivity contribution is 7.09. The first kappa shape index (κ1) is 14.2. The quantitative estimate of drug-likeness (QED) is 0.844. The lowest BCUT2D eigenvalue weighted by Crippen LogP contribution is -2.31. The molecule has 0 saturated carbocycles. The van der Waals surface area contributed by atoms with Crippen LogP contribution in [-0.2, 0) is 12.8 Å². The Morgan fingerprint density at radius 1 is 1.42 bits per heavy atom. The number of thiazole rings is 1. The van der Waals surface area contributed by atoms with Crippen molar-refractivity contribution < 1.29 is 0 Å². The summed E-state index contributed by atoms with van der Waals surface area (Å²) in [5, 5.41) is 6.91. The van der Waals surface area contributed by atoms with Gasteiger partial charge >= 0.3 is 0 Å². The molecule has 0 amide bonds. The van der Waals surface area contributed by atoms with Gasteiger partial charge in [0.05, 0.1) is 5.01 Å². The van der Waals surface area contributed by atoms with Crippen LogP contribution in [0.5, 0.6) is 0 Å². The van der Waals surface area contributed by atoms with E-state index in [-0.39, 0.29) is 0 Å². The van der Waals surface area contributed by atoms with Crippen molar-refractivity contribution in [3.8, 4) is 0 Å². The van der Waals surface area contributed by atoms with Gasteiger partial charge in [0.25, 0.3) is 0 Å². The van der Waals surface area contributed by atoms with E-state index < -0.39 is 0 Å². The fourth-order valence-electron chi connectivity index (χ4n) is 2.16. The van der Waals surface area contributed by atoms with Crippen molar-refractivity contribution in [2.24, 2.45) is 0 Å². The summed E-state index contributed by atoms with van der Waals surface area (Å²) >= 11 is 1.76. The van der Waals surface area contributed by atoms with Crippen LogP contribution in [-0.4, -0.2) is 22.6 Å². The molecular weight excluding hydrogens is 254 g/mol. The second kappa shape index (κ2) is 7.36. The lowest BCUT2D eigenvalue weighted by atomic mass is 10.0. The van der Waals surface area contributed by atoms with Gasteiger partial charge in [-0.2, -0.15) is 0 Å². The summed E-state index contributed by atoms with van der Waals surface area (Å²) in [6, 6.07) is 4.64. The Bertz CT molecular complexity index is 481. The van der Waals surface area contributed by atoms with Crippen LogP contribution in [0.2, 0.25) is 0 Å². The third kappa shape index (κ3) is 4.73. The fourth-order valence-corrected chi connectivity index (χ4v) is 3.01. The Balaban J connectivity index is 1.89. The van der Waals surface area contributed by atoms with Gasteiger partial charge in [0.15, 0.2) is 0 Å². The molecule has 0 aliphatic rings. The molecule has 1 N–H and O–H groups in total. The first-order valence-electron chi connectivity index (χ1n) is 6.81. The number of hydrogen-bond acceptors (Lipinski definition) is 4. The summed E-state index contributed by atoms with van der Waals surface area (Å²) in [7, 11) is 0. The van der Waals surface area contributed by atoms with Gasteiger partial charge in [0.2, 0.25) is 0 Å². The highest BCUT2D eigenvalue weighted by atomic mass is 32.1. The second-order valence-electron chi connectivity index (χ2n) is 4.74. The molecule has 0 aliphatic carbocycles. The lowest BCUT2D eigenvalue weighted by molar-refractivity contribution is 0.490. The molecule has 0 spiro atoms. The highest BCUT2D eigenvalue weighted by Gasteiger charge is 2.11. The number of aryl methyl sites for hydroxylation is 2. The minimum Gasteiger partial charge on any atom is -0.314 e. The molecule has 3 nitrogen and oxygen atoms in total. The number of likely N-dealkylation sites (N-methyl/N-ethyl adjacent to an activating group) is 1. The van der Waals surface area contributed by atoms with Crippen LogP contribution in [0.4, 0.5) is 0 Å². The number of nitrogens with one attached hydrogen (secondary N) is 1. The van der Waals surface area contributed by atoms with Crippen molar-refractivity contribution in [3.05, 3.63) is 46.2 Å². The maximum Gasteiger partial charge on any atom is 0.0943 e. The Morgan fingerprint density at radius 2 is 2.32 bits per heavy atom. The van der Waals surface area contributed by atoms with Gasteiger partial charge in [-0.15, -0.1) is 11.3 Å². The number of pyridine rings is 1. The van der Waals surface area contributed by atoms with E-state index in [0.29, 0.717) is 6.04 Å². The molecule has 0 aromatic carbocycles. The zero-order chi connectivity index (χ0) is 13.5. The zero-order valence-electron chi connectivity index (χ0n) is 11.6. The first-order valence-corrected chi connectivity index (χ1v) is 7.69. The van der Waals surface area contributed by atoms with Crippen molar-refractivity contribution in [2.75, 3.05) is 6.54 Å². The smallest absolute Gasteiger partial charge is 0.0943 e. The van der Waals surface area contributed by atoms with Gasteiger partial charge < -0.3 is 5.32 Å². The van der Waals surface area contributed by atoms with Crippen LogP contribution in [0.3, 0.4) is 0 Å². The fraction of sp³-hybridized carbons (Fsp3) is 0.467. The summed E-state index contributed by atoms with van der Waals surface area (Å²) in [6.45, 7) is 5.21. The molecule has 2 rings (SSSR count). The maximum atomic E-state index is 4.55. The van der Waals surface area contributed by atoms with Crippen LogP contribution in [0.15, 0.2) is 29.9 Å². The molecule has 1 unspecified atom stereocenters. The molecule has 0 radical (unpaired) electrons. The molecule has 1 atom stereocenters. The average Bonchev–Trinajstić information content (AvgIpc) is 2.83. The van der Waals surface area contributed by atoms with Gasteiger partial charge in [-0.1, -0.05) is 13.0 Å². The predicted octanol–water partition coefficient (Wildman–Crippen LogP) is 3.00. The molecule has 0 aliphatic heterocycles. The number of aromatic nitrogens is 2. The standard InChI is InChI=1S/C15H21N3S/c1-3-17-14(9-15-18-12(2)11-19-15)7-6-13-5-4-8-16-10-13/h4-5,8,10-11,14,17H,3,6-7,9H2,1-2H3. The Labute approximate surface area is 119 Å². The van der Waals surface area contributed by atoms with Gasteiger partial charge in [0.1, 0.15) is 0 Å². The monoisotopic (exact) mass is 275 g/mol. The molecule has 2 heterocycles. The summed E-state index contributed by atoms with van der Waals surface area (Å²) in [5.74, 6) is 0. The summed E-state index contributed by atoms with van der Waals surface area (Å²) in [6.07, 6.45) is 6.99. The predicted molar refractivity (Wildman–Crippen MR) is 80.6 cm³/mol. The molecule has 19 heavy (non-hydrogen) atoms. The minimum absolute atomic E-state index is 0.496. The summed E-state index contributed by atoms with van der Waals surface area (Å²) in [4.78, 5) is 8.72. The Kier molecular flexibility index (Phi) is 5.48. The van der Waals surface area contributed by atoms with Gasteiger partial charge in [-0.05, 0) is 37.9 Å². The topological polar surface area (TPSA) is 37.8 Å². The molecule has 4 heteroatoms. The molecule has 0 fully saturated rings. The second-order valence-corrected chi connectivity index (χ2v) is 5.68. The van der Waals surface area contributed by atoms with Crippen molar-refractivity contribution in [3.63, 3.8) is 0 Å². The molecule has 2 aromatic rings. The van der Waals surface area contributed by atoms with E-state index >= 15 is 0 Å². The molecule has 2 aromatic heterocycles. The van der Waals surface area contributed by atoms with E-state index in [4.69, 9.17) is 0 Å². The zero-order valence-corrected chi connectivity index (χ0v) is 12.4. The van der Waals surface area contributed by atoms with Gasteiger partial charge in [-0.25, -0.2) is 4.98 Å². The van der Waals surface area contributed by atoms with E-state index in [9.17, 15) is 0 Å². The third-order valence-electron chi connectivity index (χ3n) is 3.08. The number of hydrogen-bond donors (Lipinski definition) is 1. The average molecular weight is 275 g/mol. The SMILES string of the molecule is CCNC(CCc1cccnc1)Cc1nc(C)cs1. The van der Waals surface area contributed by atoms with E-state index in [1.165, 1.54) is 10.6 Å². The van der Waals surface area contributed by atoms with Crippen LogP contribution in [0, 0.1) is 6.92 Å². The van der Waals surface area contributed by atoms with Crippen LogP contribution in [0.1, 0.15) is 29.6 Å². The molecule has 0 bridgehead atoms. The molecular formula is C15H21N3S. The van der Waals surface area contributed by atoms with Crippen molar-refractivity contribution >= 4 is 11.3 Å². The van der Waals surface area contributed by atoms with Crippen LogP contribution >= 0.6 is 11.3 Å². The normalized spacial score (nSPS) is 12.5. The maximum absolute atomic E-state index is 4.55. The van der Waals surface area contributed by atoms with Gasteiger partial charge in [-0.3, -0.25) is 4.98 Å². The largest absolute Gasteiger partial charge is 0.314 e. The van der Waals surface area contributed by atoms with Crippen molar-refractivity contribution in [1.29, 1.82) is 0 Å². The van der Waals surface area contributed by atoms with Gasteiger partial charge in [0, 0.05) is 35.9 Å². The van der Waals surface area contributed by atoms with Crippen molar-refractivity contribution in [2.45, 2.75) is 39.2 Å². The number of rotatable bonds is 7.